The largest absolute Gasteiger partial charge is 0.456 e. The van der Waals surface area contributed by atoms with Gasteiger partial charge in [-0.1, -0.05) is 121 Å². The van der Waals surface area contributed by atoms with E-state index >= 15 is 0 Å². The first-order valence-electron chi connectivity index (χ1n) is 19.3. The molecule has 6 heteroatoms. The standard InChI is InChI=1S/C51H32N4OS/c1-3-12-31(13-4-1)49-52-50(54-51(53-49)34-22-25-39-38-17-8-10-21-45(38)56-46(39)30-34)33-24-27-47-42(29-33)40-19-11-18-36(48(40)57-47)32-23-26-44-41(28-32)37-16-7-9-20-43(37)55(44)35-14-5-2-6-15-35/h1-14,16-30,35H,15H2. The Hall–Kier alpha value is -7.15. The quantitative estimate of drug-likeness (QED) is 0.176. The van der Waals surface area contributed by atoms with Gasteiger partial charge in [0.15, 0.2) is 17.5 Å². The fraction of sp³-hybridized carbons (Fsp3) is 0.0392. The van der Waals surface area contributed by atoms with Crippen molar-refractivity contribution in [2.75, 3.05) is 0 Å². The zero-order valence-electron chi connectivity index (χ0n) is 30.6. The number of hydrogen-bond donors (Lipinski definition) is 0. The summed E-state index contributed by atoms with van der Waals surface area (Å²) in [6.07, 6.45) is 9.88. The molecule has 268 valence electrons. The predicted molar refractivity (Wildman–Crippen MR) is 237 cm³/mol. The third kappa shape index (κ3) is 5.18. The summed E-state index contributed by atoms with van der Waals surface area (Å²) in [4.78, 5) is 15.2. The Kier molecular flexibility index (Phi) is 7.16. The lowest BCUT2D eigenvalue weighted by Crippen LogP contribution is -2.06. The van der Waals surface area contributed by atoms with E-state index in [1.54, 1.807) is 0 Å². The van der Waals surface area contributed by atoms with Crippen LogP contribution in [0.1, 0.15) is 12.5 Å². The van der Waals surface area contributed by atoms with Gasteiger partial charge in [-0.05, 0) is 72.1 Å². The molecule has 1 aliphatic rings. The van der Waals surface area contributed by atoms with Crippen LogP contribution in [0.4, 0.5) is 0 Å². The topological polar surface area (TPSA) is 56.7 Å². The van der Waals surface area contributed by atoms with Crippen LogP contribution < -0.4 is 0 Å². The molecule has 0 saturated carbocycles. The second-order valence-corrected chi connectivity index (χ2v) is 15.8. The maximum atomic E-state index is 6.26. The van der Waals surface area contributed by atoms with E-state index in [-0.39, 0.29) is 0 Å². The van der Waals surface area contributed by atoms with Gasteiger partial charge in [0.2, 0.25) is 0 Å². The first-order valence-corrected chi connectivity index (χ1v) is 20.1. The summed E-state index contributed by atoms with van der Waals surface area (Å²) in [7, 11) is 0. The van der Waals surface area contributed by atoms with Crippen molar-refractivity contribution < 1.29 is 4.42 Å². The average molecular weight is 749 g/mol. The molecule has 0 aliphatic heterocycles. The number of hydrogen-bond acceptors (Lipinski definition) is 5. The highest BCUT2D eigenvalue weighted by Crippen LogP contribution is 2.43. The van der Waals surface area contributed by atoms with Crippen LogP contribution in [0.25, 0.3) is 109 Å². The molecule has 11 aromatic rings. The Morgan fingerprint density at radius 3 is 2.04 bits per heavy atom. The minimum atomic E-state index is 0.299. The lowest BCUT2D eigenvalue weighted by atomic mass is 10.00. The van der Waals surface area contributed by atoms with Crippen LogP contribution in [0.5, 0.6) is 0 Å². The van der Waals surface area contributed by atoms with Gasteiger partial charge >= 0.3 is 0 Å². The number of allylic oxidation sites excluding steroid dienone is 4. The molecule has 0 fully saturated rings. The molecule has 0 bridgehead atoms. The molecule has 0 amide bonds. The van der Waals surface area contributed by atoms with E-state index in [9.17, 15) is 0 Å². The normalized spacial score (nSPS) is 14.3. The zero-order valence-corrected chi connectivity index (χ0v) is 31.4. The van der Waals surface area contributed by atoms with Crippen molar-refractivity contribution in [3.63, 3.8) is 0 Å². The number of nitrogens with zero attached hydrogens (tertiary/aromatic N) is 4. The monoisotopic (exact) mass is 748 g/mol. The van der Waals surface area contributed by atoms with E-state index in [2.05, 4.69) is 126 Å². The summed E-state index contributed by atoms with van der Waals surface area (Å²) >= 11 is 1.84. The molecule has 5 nitrogen and oxygen atoms in total. The molecule has 12 rings (SSSR count). The first kappa shape index (κ1) is 32.1. The maximum absolute atomic E-state index is 6.26. The van der Waals surface area contributed by atoms with Crippen molar-refractivity contribution in [3.05, 3.63) is 176 Å². The molecule has 7 aromatic carbocycles. The zero-order chi connectivity index (χ0) is 37.5. The molecule has 0 radical (unpaired) electrons. The second kappa shape index (κ2) is 12.7. The van der Waals surface area contributed by atoms with E-state index < -0.39 is 0 Å². The molecule has 0 spiro atoms. The van der Waals surface area contributed by atoms with Crippen LogP contribution >= 0.6 is 11.3 Å². The van der Waals surface area contributed by atoms with Crippen LogP contribution in [-0.4, -0.2) is 19.5 Å². The van der Waals surface area contributed by atoms with Gasteiger partial charge in [-0.2, -0.15) is 0 Å². The van der Waals surface area contributed by atoms with Gasteiger partial charge < -0.3 is 8.98 Å². The number of thiophene rings is 1. The van der Waals surface area contributed by atoms with Gasteiger partial charge in [0.05, 0.1) is 6.04 Å². The van der Waals surface area contributed by atoms with Crippen LogP contribution in [-0.2, 0) is 0 Å². The van der Waals surface area contributed by atoms with E-state index in [4.69, 9.17) is 19.4 Å². The number of fused-ring (bicyclic) bond motifs is 9. The molecule has 4 heterocycles. The Morgan fingerprint density at radius 2 is 1.18 bits per heavy atom. The molecule has 0 saturated heterocycles. The third-order valence-electron chi connectivity index (χ3n) is 11.4. The number of rotatable bonds is 5. The van der Waals surface area contributed by atoms with Crippen molar-refractivity contribution in [1.29, 1.82) is 0 Å². The summed E-state index contributed by atoms with van der Waals surface area (Å²) in [5.74, 6) is 1.86. The first-order chi connectivity index (χ1) is 28.2. The second-order valence-electron chi connectivity index (χ2n) is 14.7. The SMILES string of the molecule is C1=CCC(n2c3ccccc3c3cc(-c4cccc5c4sc4ccc(-c6nc(-c7ccccc7)nc(-c7ccc8c(c7)oc7ccccc78)n6)cc45)ccc32)C=C1. The molecule has 57 heavy (non-hydrogen) atoms. The fourth-order valence-corrected chi connectivity index (χ4v) is 9.89. The lowest BCUT2D eigenvalue weighted by molar-refractivity contribution is 0.648. The molecule has 4 aromatic heterocycles. The smallest absolute Gasteiger partial charge is 0.164 e. The summed E-state index contributed by atoms with van der Waals surface area (Å²) < 4.78 is 11.3. The number of benzene rings is 7. The molecule has 1 atom stereocenters. The highest BCUT2D eigenvalue weighted by molar-refractivity contribution is 7.26. The predicted octanol–water partition coefficient (Wildman–Crippen LogP) is 14.0. The van der Waals surface area contributed by atoms with Crippen LogP contribution in [0, 0.1) is 0 Å². The highest BCUT2D eigenvalue weighted by Gasteiger charge is 2.20. The molecular weight excluding hydrogens is 717 g/mol. The Morgan fingerprint density at radius 1 is 0.491 bits per heavy atom. The molecular formula is C51H32N4OS. The number of furan rings is 1. The summed E-state index contributed by atoms with van der Waals surface area (Å²) in [6, 6.07) is 53.9. The van der Waals surface area contributed by atoms with Gasteiger partial charge in [-0.3, -0.25) is 0 Å². The van der Waals surface area contributed by atoms with Gasteiger partial charge in [0.25, 0.3) is 0 Å². The number of aromatic nitrogens is 4. The van der Waals surface area contributed by atoms with Crippen molar-refractivity contribution in [2.45, 2.75) is 12.5 Å². The van der Waals surface area contributed by atoms with E-state index in [0.717, 1.165) is 45.0 Å². The van der Waals surface area contributed by atoms with Crippen LogP contribution in [0.15, 0.2) is 180 Å². The van der Waals surface area contributed by atoms with Crippen LogP contribution in [0.3, 0.4) is 0 Å². The van der Waals surface area contributed by atoms with Crippen LogP contribution in [0.2, 0.25) is 0 Å². The van der Waals surface area contributed by atoms with E-state index in [1.165, 1.54) is 53.1 Å². The Bertz CT molecular complexity index is 3460. The van der Waals surface area contributed by atoms with E-state index in [1.807, 2.05) is 65.9 Å². The highest BCUT2D eigenvalue weighted by atomic mass is 32.1. The summed E-state index contributed by atoms with van der Waals surface area (Å²) in [5.41, 5.74) is 9.43. The van der Waals surface area contributed by atoms with Crippen molar-refractivity contribution in [1.82, 2.24) is 19.5 Å². The minimum Gasteiger partial charge on any atom is -0.456 e. The van der Waals surface area contributed by atoms with Crippen molar-refractivity contribution >= 4 is 75.3 Å². The summed E-state index contributed by atoms with van der Waals surface area (Å²) in [5, 5.41) is 7.15. The average Bonchev–Trinajstić information content (AvgIpc) is 3.95. The molecule has 1 aliphatic carbocycles. The van der Waals surface area contributed by atoms with E-state index in [0.29, 0.717) is 23.5 Å². The Labute approximate surface area is 331 Å². The van der Waals surface area contributed by atoms with Crippen molar-refractivity contribution in [3.8, 4) is 45.3 Å². The van der Waals surface area contributed by atoms with Gasteiger partial charge in [0, 0.05) is 69.4 Å². The van der Waals surface area contributed by atoms with Crippen molar-refractivity contribution in [2.24, 2.45) is 0 Å². The van der Waals surface area contributed by atoms with Gasteiger partial charge in [-0.15, -0.1) is 11.3 Å². The molecule has 1 unspecified atom stereocenters. The third-order valence-corrected chi connectivity index (χ3v) is 12.6. The number of para-hydroxylation sites is 2. The summed E-state index contributed by atoms with van der Waals surface area (Å²) in [6.45, 7) is 0. The minimum absolute atomic E-state index is 0.299. The Balaban J connectivity index is 0.989. The maximum Gasteiger partial charge on any atom is 0.164 e. The van der Waals surface area contributed by atoms with Gasteiger partial charge in [-0.25, -0.2) is 15.0 Å². The lowest BCUT2D eigenvalue weighted by Gasteiger charge is -2.18. The molecule has 0 N–H and O–H groups in total. The van der Waals surface area contributed by atoms with Gasteiger partial charge in [0.1, 0.15) is 11.2 Å². The fourth-order valence-electron chi connectivity index (χ4n) is 8.67.